The molecule has 83 heavy (non-hydrogen) atoms. The molecule has 1 aliphatic rings. The van der Waals surface area contributed by atoms with E-state index in [-0.39, 0.29) is 171 Å². The van der Waals surface area contributed by atoms with Crippen LogP contribution in [-0.4, -0.2) is 208 Å². The molecule has 2 heterocycles. The van der Waals surface area contributed by atoms with Gasteiger partial charge in [0.2, 0.25) is 0 Å². The van der Waals surface area contributed by atoms with Crippen LogP contribution in [0.2, 0.25) is 32.2 Å². The molecule has 0 aliphatic carbocycles. The Bertz CT molecular complexity index is 2030. The number of hydrogen-bond acceptors (Lipinski definition) is 21. The Morgan fingerprint density at radius 1 is 0.831 bits per heavy atom. The molecule has 0 unspecified atom stereocenters. The molecule has 0 bridgehead atoms. The van der Waals surface area contributed by atoms with Gasteiger partial charge in [-0.25, -0.2) is 14.8 Å². The van der Waals surface area contributed by atoms with Gasteiger partial charge in [-0.05, 0) is 63.8 Å². The van der Waals surface area contributed by atoms with Gasteiger partial charge in [0.1, 0.15) is 43.6 Å². The molecule has 0 fully saturated rings. The van der Waals surface area contributed by atoms with Gasteiger partial charge in [0, 0.05) is 87.2 Å². The first kappa shape index (κ1) is 112. The number of hydrogen-bond donors (Lipinski definition) is 5. The predicted molar refractivity (Wildman–Crippen MR) is 305 cm³/mol. The molecule has 492 valence electrons. The second-order valence-electron chi connectivity index (χ2n) is 16.6. The third-order valence-corrected chi connectivity index (χ3v) is 18.4. The van der Waals surface area contributed by atoms with Gasteiger partial charge >= 0.3 is 45.9 Å². The van der Waals surface area contributed by atoms with E-state index in [2.05, 4.69) is 68.7 Å². The van der Waals surface area contributed by atoms with E-state index in [1.165, 1.54) is 6.92 Å². The Morgan fingerprint density at radius 3 is 1.64 bits per heavy atom. The van der Waals surface area contributed by atoms with Crippen LogP contribution in [-0.2, 0) is 103 Å². The molecule has 1 aromatic rings. The third kappa shape index (κ3) is 65.2. The summed E-state index contributed by atoms with van der Waals surface area (Å²) >= 11 is 1.65. The molecule has 15 N–H and O–H groups in total. The number of aromatic nitrogens is 2. The van der Waals surface area contributed by atoms with Crippen molar-refractivity contribution >= 4 is 56.3 Å². The molecule has 2 rings (SSSR count). The molecule has 0 saturated carbocycles. The number of nitrogens with zero attached hydrogens (tertiary/aromatic N) is 5. The van der Waals surface area contributed by atoms with E-state index in [0.717, 1.165) is 35.0 Å². The quantitative estimate of drug-likeness (QED) is 0.00458. The maximum atomic E-state index is 11.5. The number of ketones is 2. The number of aliphatic hydroxyl groups excluding tert-OH is 3. The predicted octanol–water partition coefficient (Wildman–Crippen LogP) is -2.42. The van der Waals surface area contributed by atoms with Gasteiger partial charge in [-0.3, -0.25) is 9.11 Å². The van der Waals surface area contributed by atoms with Crippen molar-refractivity contribution in [3.63, 3.8) is 0 Å². The van der Waals surface area contributed by atoms with Crippen LogP contribution in [0.4, 0.5) is 0 Å². The molecule has 29 nitrogen and oxygen atoms in total. The summed E-state index contributed by atoms with van der Waals surface area (Å²) in [4.78, 5) is 44.7. The number of unbranched alkanes of at least 4 members (excludes halogenated alkanes) is 1. The van der Waals surface area contributed by atoms with Crippen LogP contribution in [0.25, 0.3) is 10.4 Å². The van der Waals surface area contributed by atoms with Gasteiger partial charge in [-0.1, -0.05) is 63.3 Å². The number of azide groups is 1. The fourth-order valence-corrected chi connectivity index (χ4v) is 16.3. The van der Waals surface area contributed by atoms with Gasteiger partial charge in [0.25, 0.3) is 0 Å². The molecule has 1 aliphatic heterocycles. The van der Waals surface area contributed by atoms with E-state index in [1.807, 2.05) is 0 Å². The second kappa shape index (κ2) is 65.3. The molecule has 36 heteroatoms. The molecule has 0 aromatic carbocycles. The van der Waals surface area contributed by atoms with Crippen molar-refractivity contribution in [3.05, 3.63) is 39.9 Å². The van der Waals surface area contributed by atoms with Crippen molar-refractivity contribution in [1.29, 1.82) is 0 Å². The molecular weight excluding hydrogens is 1290 g/mol. The topological polar surface area (TPSA) is 515 Å². The Labute approximate surface area is 539 Å². The fraction of sp³-hybridized carbons (Fsp3) is 0.681. The molecule has 0 amide bonds. The Balaban J connectivity index is -0.0000000796. The number of rotatable bonds is 34. The molecule has 1 aromatic heterocycles. The van der Waals surface area contributed by atoms with E-state index in [9.17, 15) is 19.5 Å². The van der Waals surface area contributed by atoms with Crippen molar-refractivity contribution in [2.75, 3.05) is 91.2 Å². The number of cyclic esters (lactones) is 1. The summed E-state index contributed by atoms with van der Waals surface area (Å²) in [6, 6.07) is 1.09. The smallest absolute Gasteiger partial charge is 0.870 e. The number of Topliss-reactive ketones (excluding diaryl/α,β-unsaturated/α-hetero) is 2. The summed E-state index contributed by atoms with van der Waals surface area (Å²) < 4.78 is 74.9. The monoisotopic (exact) mass is 1380 g/mol. The fourth-order valence-electron chi connectivity index (χ4n) is 5.86. The van der Waals surface area contributed by atoms with E-state index < -0.39 is 68.8 Å². The molecule has 0 spiro atoms. The van der Waals surface area contributed by atoms with Crippen molar-refractivity contribution in [3.8, 4) is 37.0 Å². The summed E-state index contributed by atoms with van der Waals surface area (Å²) in [6.07, 6.45) is 19.0. The minimum absolute atomic E-state index is 0. The zero-order valence-electron chi connectivity index (χ0n) is 45.8. The van der Waals surface area contributed by atoms with Crippen LogP contribution in [0.5, 0.6) is 0 Å². The van der Waals surface area contributed by atoms with Crippen molar-refractivity contribution in [2.45, 2.75) is 118 Å². The van der Waals surface area contributed by atoms with Crippen molar-refractivity contribution < 1.29 is 181 Å². The SMILES string of the molecule is C.C.C.C#CCOCC(COCC#C)(COCC#C)CC(C)=O.CC(=O)CCCC[Si](C)(C)O[Si](C)(C)CSc1ncc(COCCOCCOCCN=[N+]=[N-])cn1.O.O.O.O.O.O=C1O[C@H]([C@@H](O)CO)C([O-])=C1O.O=S(=O)(O)O.[Cu].[Cu].[Na+]. The Hall–Kier alpha value is -2.65. The average molecular weight is 1380 g/mol. The van der Waals surface area contributed by atoms with Gasteiger partial charge in [0.05, 0.1) is 66.1 Å². The van der Waals surface area contributed by atoms with Crippen LogP contribution < -0.4 is 34.7 Å². The number of aliphatic hydroxyl groups is 3. The van der Waals surface area contributed by atoms with Gasteiger partial charge < -0.3 is 94.7 Å². The van der Waals surface area contributed by atoms with E-state index >= 15 is 0 Å². The van der Waals surface area contributed by atoms with Crippen LogP contribution in [0.3, 0.4) is 0 Å². The van der Waals surface area contributed by atoms with Crippen LogP contribution in [0, 0.1) is 42.4 Å². The number of carbonyl (C=O) groups is 3. The number of carbonyl (C=O) groups excluding carboxylic acids is 3. The van der Waals surface area contributed by atoms with E-state index in [4.69, 9.17) is 90.2 Å². The summed E-state index contributed by atoms with van der Waals surface area (Å²) in [7, 11) is -8.27. The van der Waals surface area contributed by atoms with Crippen LogP contribution >= 0.6 is 11.8 Å². The minimum atomic E-state index is -4.67. The number of thioether (sulfide) groups is 1. The van der Waals surface area contributed by atoms with Crippen LogP contribution in [0.1, 0.15) is 67.4 Å². The van der Waals surface area contributed by atoms with Gasteiger partial charge in [-0.15, -0.1) is 19.3 Å². The Kier molecular flexibility index (Phi) is 87.8. The largest absolute Gasteiger partial charge is 1.00 e. The van der Waals surface area contributed by atoms with E-state index in [0.29, 0.717) is 52.6 Å². The summed E-state index contributed by atoms with van der Waals surface area (Å²) in [5, 5.41) is 41.8. The maximum absolute atomic E-state index is 11.5. The zero-order chi connectivity index (χ0) is 55.1. The Morgan fingerprint density at radius 2 is 1.27 bits per heavy atom. The zero-order valence-corrected chi connectivity index (χ0v) is 53.3. The average Bonchev–Trinajstić information content (AvgIpc) is 3.55. The van der Waals surface area contributed by atoms with E-state index in [1.54, 1.807) is 31.1 Å². The summed E-state index contributed by atoms with van der Waals surface area (Å²) in [6.45, 7) is 15.7. The number of esters is 1. The molecule has 2 atom stereocenters. The first-order valence-electron chi connectivity index (χ1n) is 22.0. The molecule has 2 radical (unpaired) electrons. The van der Waals surface area contributed by atoms with Crippen molar-refractivity contribution in [1.82, 2.24) is 9.97 Å². The van der Waals surface area contributed by atoms with Crippen LogP contribution in [0.15, 0.2) is 34.2 Å². The standard InChI is InChI=1S/C22H41N5O5SSi2.C16H20O4.C6H8O6.3CH4.2Cu.Na.H2O4S.5H2O/c1-20(28)8-6-7-15-34(2,3)32-35(4,5)19-33-22-24-16-21(17-25-22)18-31-14-13-30-12-11-29-10-9-26-27-23;1-5-8-18-12-16(11-15(4)17,13-19-9-6-2)14-20-10-7-3;7-1-2(8)5-3(9)4(10)6(11)12-5;;;;;;;1-5(2,3)4;;;;;/h16-17H,6-15,18-19H2,1-5H3;1-3H,8-14H2,4H3;2,5,7-10H,1H2;3*1H4;;;;(H2,1,2,3,4);5*1H2/q;;;;;;;;+1;;;;;;/p-1/t;;2-,5+;;;;;;;;;;;;/m..0............/s1. The number of ether oxygens (including phenoxy) is 7. The maximum Gasteiger partial charge on any atom is 1.00 e. The third-order valence-electron chi connectivity index (χ3n) is 8.61. The minimum Gasteiger partial charge on any atom is -0.870 e. The summed E-state index contributed by atoms with van der Waals surface area (Å²) in [5.74, 6) is 4.19. The first-order chi connectivity index (χ1) is 33.8. The normalized spacial score (nSPS) is 11.9. The summed E-state index contributed by atoms with van der Waals surface area (Å²) in [5.41, 5.74) is 8.45. The first-order valence-corrected chi connectivity index (χ1v) is 30.6. The molecule has 0 saturated heterocycles. The van der Waals surface area contributed by atoms with Gasteiger partial charge in [0.15, 0.2) is 27.6 Å². The molecular formula is C47H92Cu2N5NaO24S2Si2. The second-order valence-corrected chi connectivity index (χ2v) is 27.7. The van der Waals surface area contributed by atoms with Crippen molar-refractivity contribution in [2.24, 2.45) is 10.5 Å². The number of terminal acetylenes is 3. The van der Waals surface area contributed by atoms with Gasteiger partial charge in [-0.2, -0.15) is 8.42 Å².